The zero-order valence-electron chi connectivity index (χ0n) is 28.8. The second-order valence-corrected chi connectivity index (χ2v) is 22.0. The number of rotatable bonds is 19. The van der Waals surface area contributed by atoms with Crippen LogP contribution in [0.15, 0.2) is 91.0 Å². The van der Waals surface area contributed by atoms with E-state index in [1.54, 1.807) is 6.07 Å². The number of ether oxygens (including phenoxy) is 3. The van der Waals surface area contributed by atoms with Gasteiger partial charge in [0.05, 0.1) is 0 Å². The van der Waals surface area contributed by atoms with Gasteiger partial charge in [-0.1, -0.05) is 0 Å². The summed E-state index contributed by atoms with van der Waals surface area (Å²) in [6.07, 6.45) is 7.00. The summed E-state index contributed by atoms with van der Waals surface area (Å²) in [7, 11) is 0.706. The van der Waals surface area contributed by atoms with Crippen molar-refractivity contribution in [2.24, 2.45) is 0 Å². The Morgan fingerprint density at radius 2 is 1.09 bits per heavy atom. The molecule has 0 aliphatic rings. The Labute approximate surface area is 293 Å². The first-order valence-corrected chi connectivity index (χ1v) is 22.6. The molecular weight excluding hydrogens is 683 g/mol. The summed E-state index contributed by atoms with van der Waals surface area (Å²) in [6.45, 7) is 12.4. The summed E-state index contributed by atoms with van der Waals surface area (Å²) in [5.74, 6) is 0.995. The number of aryl methyl sites for hydroxylation is 3. The molecule has 0 bridgehead atoms. The minimum absolute atomic E-state index is 0.0322. The quantitative estimate of drug-likeness (QED) is 0.0452. The van der Waals surface area contributed by atoms with Gasteiger partial charge in [-0.25, -0.2) is 0 Å². The summed E-state index contributed by atoms with van der Waals surface area (Å²) >= 11 is 4.60. The monoisotopic (exact) mass is 734 g/mol. The first-order valence-electron chi connectivity index (χ1n) is 17.1. The van der Waals surface area contributed by atoms with Gasteiger partial charge in [-0.3, -0.25) is 0 Å². The molecule has 0 saturated heterocycles. The van der Waals surface area contributed by atoms with Gasteiger partial charge >= 0.3 is 253 Å². The molecule has 0 aliphatic heterocycles. The molecule has 0 saturated carbocycles. The van der Waals surface area contributed by atoms with Gasteiger partial charge in [0.2, 0.25) is 0 Å². The summed E-state index contributed by atoms with van der Waals surface area (Å²) in [6, 6.07) is 33.3. The molecule has 0 aliphatic carbocycles. The van der Waals surface area contributed by atoms with Crippen LogP contribution >= 0.6 is 20.8 Å². The molecule has 4 aromatic rings. The van der Waals surface area contributed by atoms with Crippen molar-refractivity contribution in [3.63, 3.8) is 0 Å². The van der Waals surface area contributed by atoms with Crippen LogP contribution in [0.4, 0.5) is 0 Å². The molecule has 0 fully saturated rings. The maximum atomic E-state index is 11.0. The van der Waals surface area contributed by atoms with E-state index in [1.165, 1.54) is 64.3 Å². The van der Waals surface area contributed by atoms with Crippen molar-refractivity contribution in [2.45, 2.75) is 85.1 Å². The van der Waals surface area contributed by atoms with E-state index in [9.17, 15) is 5.11 Å². The zero-order valence-corrected chi connectivity index (χ0v) is 32.3. The molecule has 0 aromatic heterocycles. The minimum atomic E-state index is -3.58. The number of phenolic OH excluding ortho intramolecular Hbond substituents is 1. The van der Waals surface area contributed by atoms with Crippen molar-refractivity contribution in [1.82, 2.24) is 0 Å². The predicted molar refractivity (Wildman–Crippen MR) is 207 cm³/mol. The number of unbranched alkanes of at least 4 members (excludes halogenated alkanes) is 5. The molecule has 1 N–H and O–H groups in total. The molecule has 7 heteroatoms. The van der Waals surface area contributed by atoms with Crippen molar-refractivity contribution in [2.75, 3.05) is 19.8 Å². The van der Waals surface area contributed by atoms with E-state index < -0.39 is 5.31 Å². The maximum absolute atomic E-state index is 11.0. The molecule has 0 unspecified atom stereocenters. The Kier molecular flexibility index (Phi) is 14.1. The summed E-state index contributed by atoms with van der Waals surface area (Å²) in [5, 5.41) is 11.9. The Morgan fingerprint density at radius 1 is 0.638 bits per heavy atom. The van der Waals surface area contributed by atoms with Gasteiger partial charge in [0.15, 0.2) is 0 Å². The molecule has 0 heterocycles. The number of benzene rings is 4. The number of hydrogen-bond donors (Lipinski definition) is 1. The number of halogens is 1. The zero-order chi connectivity index (χ0) is 33.7. The Hall–Kier alpha value is -2.47. The average molecular weight is 736 g/mol. The Morgan fingerprint density at radius 3 is 1.55 bits per heavy atom. The molecule has 47 heavy (non-hydrogen) atoms. The van der Waals surface area contributed by atoms with Crippen LogP contribution in [0.2, 0.25) is 6.04 Å². The number of aromatic hydroxyl groups is 1. The second kappa shape index (κ2) is 17.8. The number of phenols is 1. The number of hydrogen-bond acceptors (Lipinski definition) is 4. The molecule has 0 atom stereocenters. The summed E-state index contributed by atoms with van der Waals surface area (Å²) in [5.41, 5.74) is 3.60. The molecule has 0 amide bonds. The summed E-state index contributed by atoms with van der Waals surface area (Å²) in [4.78, 5) is 0. The van der Waals surface area contributed by atoms with Crippen LogP contribution in [0.3, 0.4) is 0 Å². The normalized spacial score (nSPS) is 12.6. The molecule has 0 spiro atoms. The van der Waals surface area contributed by atoms with E-state index in [0.29, 0.717) is 29.3 Å². The second-order valence-electron chi connectivity index (χ2n) is 12.3. The first kappa shape index (κ1) is 37.3. The van der Waals surface area contributed by atoms with Crippen LogP contribution in [0, 0.1) is 20.8 Å². The van der Waals surface area contributed by atoms with Crippen LogP contribution < -0.4 is 26.0 Å². The van der Waals surface area contributed by atoms with Crippen molar-refractivity contribution in [3.05, 3.63) is 108 Å². The molecule has 4 nitrogen and oxygen atoms in total. The predicted octanol–water partition coefficient (Wildman–Crippen LogP) is 8.98. The molecule has 252 valence electrons. The molecular formula is C40H52BrO4PSi. The van der Waals surface area contributed by atoms with E-state index >= 15 is 0 Å². The Bertz CT molecular complexity index is 1410. The third-order valence-corrected chi connectivity index (χ3v) is 19.9. The molecule has 2 radical (unpaired) electrons. The van der Waals surface area contributed by atoms with E-state index in [1.807, 2.05) is 26.0 Å². The van der Waals surface area contributed by atoms with Crippen LogP contribution in [0.1, 0.15) is 69.1 Å². The fourth-order valence-electron chi connectivity index (χ4n) is 6.10. The van der Waals surface area contributed by atoms with Crippen LogP contribution in [0.5, 0.6) is 11.5 Å². The van der Waals surface area contributed by atoms with Gasteiger partial charge < -0.3 is 9.47 Å². The third kappa shape index (κ3) is 8.96. The van der Waals surface area contributed by atoms with Gasteiger partial charge in [-0.2, -0.15) is 0 Å². The van der Waals surface area contributed by atoms with Gasteiger partial charge in [0, 0.05) is 13.2 Å². The fourth-order valence-corrected chi connectivity index (χ4v) is 15.1. The van der Waals surface area contributed by atoms with E-state index in [0.717, 1.165) is 23.9 Å². The van der Waals surface area contributed by atoms with Crippen molar-refractivity contribution in [1.29, 1.82) is 0 Å². The summed E-state index contributed by atoms with van der Waals surface area (Å²) < 4.78 is 18.0. The van der Waals surface area contributed by atoms with Crippen LogP contribution in [0.25, 0.3) is 0 Å². The van der Waals surface area contributed by atoms with Crippen LogP contribution in [-0.4, -0.2) is 40.4 Å². The van der Waals surface area contributed by atoms with Gasteiger partial charge in [-0.05, 0) is 13.8 Å². The van der Waals surface area contributed by atoms with Crippen molar-refractivity contribution >= 4 is 51.5 Å². The first-order chi connectivity index (χ1) is 22.7. The van der Waals surface area contributed by atoms with Crippen molar-refractivity contribution < 1.29 is 19.3 Å². The van der Waals surface area contributed by atoms with Crippen LogP contribution in [-0.2, 0) is 9.47 Å². The SMILES string of the molecule is CCOC(OCC)[Si]CCCCCCCCOc1ccc(O)cc1P(Br)(c1ccc(C)cc1)(c1ccc(C)cc1)c1ccc(C)cc1. The average Bonchev–Trinajstić information content (AvgIpc) is 3.07. The van der Waals surface area contributed by atoms with Gasteiger partial charge in [0.1, 0.15) is 5.91 Å². The van der Waals surface area contributed by atoms with Gasteiger partial charge in [-0.15, -0.1) is 0 Å². The molecule has 4 aromatic carbocycles. The van der Waals surface area contributed by atoms with Gasteiger partial charge in [0.25, 0.3) is 0 Å². The molecule has 4 rings (SSSR count). The Balaban J connectivity index is 1.57. The fraction of sp³-hybridized carbons (Fsp3) is 0.400. The van der Waals surface area contributed by atoms with E-state index in [4.69, 9.17) is 14.2 Å². The van der Waals surface area contributed by atoms with E-state index in [2.05, 4.69) is 109 Å². The topological polar surface area (TPSA) is 47.9 Å². The van der Waals surface area contributed by atoms with E-state index in [-0.39, 0.29) is 11.7 Å². The van der Waals surface area contributed by atoms with Crippen molar-refractivity contribution in [3.8, 4) is 11.5 Å². The third-order valence-electron chi connectivity index (χ3n) is 8.73. The standard InChI is InChI=1S/C40H52BrO4PSi/c1-6-43-40(44-7-2)47-29-13-11-9-8-10-12-28-45-38-27-20-34(42)30-39(38)46(41,35-21-14-31(3)15-22-35,36-23-16-32(4)17-24-36)37-25-18-33(5)19-26-37/h14-27,30,40,42H,6-13,28-29H2,1-5H3.